The summed E-state index contributed by atoms with van der Waals surface area (Å²) in [6.07, 6.45) is 0.825. The highest BCUT2D eigenvalue weighted by atomic mass is 32.1. The number of hydrogen-bond acceptors (Lipinski definition) is 5. The molecule has 0 aliphatic heterocycles. The van der Waals surface area contributed by atoms with Crippen LogP contribution in [0, 0.1) is 0 Å². The molecule has 5 heteroatoms. The highest BCUT2D eigenvalue weighted by molar-refractivity contribution is 7.11. The molecular formula is C14H17NO3S. The van der Waals surface area contributed by atoms with Crippen LogP contribution >= 0.6 is 11.3 Å². The molecule has 2 rings (SSSR count). The van der Waals surface area contributed by atoms with Crippen molar-refractivity contribution < 1.29 is 14.6 Å². The molecular weight excluding hydrogens is 262 g/mol. The number of benzene rings is 1. The Morgan fingerprint density at radius 2 is 2.11 bits per heavy atom. The molecule has 0 amide bonds. The number of aliphatic hydroxyl groups is 1. The molecule has 0 bridgehead atoms. The number of thiazole rings is 1. The van der Waals surface area contributed by atoms with E-state index in [1.165, 1.54) is 11.3 Å². The summed E-state index contributed by atoms with van der Waals surface area (Å²) in [6, 6.07) is 7.47. The lowest BCUT2D eigenvalue weighted by Gasteiger charge is -2.05. The topological polar surface area (TPSA) is 51.6 Å². The Morgan fingerprint density at radius 3 is 2.74 bits per heavy atom. The quantitative estimate of drug-likeness (QED) is 0.883. The first-order valence-electron chi connectivity index (χ1n) is 6.12. The summed E-state index contributed by atoms with van der Waals surface area (Å²) >= 11 is 1.50. The molecule has 0 saturated carbocycles. The molecule has 1 N–H and O–H groups in total. The van der Waals surface area contributed by atoms with Crippen LogP contribution in [0.5, 0.6) is 11.5 Å². The third-order valence-corrected chi connectivity index (χ3v) is 3.76. The number of aryl methyl sites for hydroxylation is 1. The zero-order valence-corrected chi connectivity index (χ0v) is 11.9. The van der Waals surface area contributed by atoms with E-state index in [-0.39, 0.29) is 6.61 Å². The molecule has 1 heterocycles. The highest BCUT2D eigenvalue weighted by Crippen LogP contribution is 2.23. The lowest BCUT2D eigenvalue weighted by atomic mass is 10.3. The smallest absolute Gasteiger partial charge is 0.140 e. The van der Waals surface area contributed by atoms with Gasteiger partial charge < -0.3 is 14.6 Å². The predicted molar refractivity (Wildman–Crippen MR) is 74.7 cm³/mol. The number of aromatic nitrogens is 1. The molecule has 19 heavy (non-hydrogen) atoms. The molecule has 2 aromatic rings. The molecule has 102 valence electrons. The number of nitrogens with zero attached hydrogens (tertiary/aromatic N) is 1. The van der Waals surface area contributed by atoms with Gasteiger partial charge in [-0.05, 0) is 18.6 Å². The summed E-state index contributed by atoms with van der Waals surface area (Å²) in [5.41, 5.74) is 0.955. The Morgan fingerprint density at radius 1 is 1.32 bits per heavy atom. The van der Waals surface area contributed by atoms with Crippen molar-refractivity contribution in [2.24, 2.45) is 0 Å². The monoisotopic (exact) mass is 279 g/mol. The van der Waals surface area contributed by atoms with Crippen LogP contribution in [0.4, 0.5) is 0 Å². The summed E-state index contributed by atoms with van der Waals surface area (Å²) in [6.45, 7) is 2.48. The summed E-state index contributed by atoms with van der Waals surface area (Å²) < 4.78 is 10.8. The third-order valence-electron chi connectivity index (χ3n) is 2.70. The molecule has 0 radical (unpaired) electrons. The van der Waals surface area contributed by atoms with Gasteiger partial charge in [-0.3, -0.25) is 0 Å². The zero-order valence-electron chi connectivity index (χ0n) is 11.0. The van der Waals surface area contributed by atoms with E-state index >= 15 is 0 Å². The Balaban J connectivity index is 2.03. The van der Waals surface area contributed by atoms with Crippen LogP contribution in [-0.2, 0) is 19.6 Å². The van der Waals surface area contributed by atoms with E-state index in [4.69, 9.17) is 9.47 Å². The van der Waals surface area contributed by atoms with E-state index in [0.29, 0.717) is 6.61 Å². The van der Waals surface area contributed by atoms with Crippen LogP contribution in [-0.4, -0.2) is 17.2 Å². The lowest BCUT2D eigenvalue weighted by molar-refractivity contribution is 0.284. The van der Waals surface area contributed by atoms with Gasteiger partial charge in [-0.2, -0.15) is 0 Å². The van der Waals surface area contributed by atoms with Gasteiger partial charge in [0.15, 0.2) is 0 Å². The first-order valence-corrected chi connectivity index (χ1v) is 6.93. The van der Waals surface area contributed by atoms with Crippen molar-refractivity contribution >= 4 is 11.3 Å². The van der Waals surface area contributed by atoms with Crippen molar-refractivity contribution in [2.75, 3.05) is 7.11 Å². The molecule has 0 aliphatic carbocycles. The van der Waals surface area contributed by atoms with E-state index in [2.05, 4.69) is 4.98 Å². The number of rotatable bonds is 6. The van der Waals surface area contributed by atoms with Crippen LogP contribution in [0.3, 0.4) is 0 Å². The number of methoxy groups -OCH3 is 1. The maximum absolute atomic E-state index is 9.23. The molecule has 4 nitrogen and oxygen atoms in total. The molecule has 1 aromatic carbocycles. The second kappa shape index (κ2) is 6.54. The van der Waals surface area contributed by atoms with E-state index in [9.17, 15) is 5.11 Å². The standard InChI is InChI=1S/C14H17NO3S/c1-3-12-13(8-16)19-14(15-12)9-18-11-6-4-5-10(7-11)17-2/h4-7,16H,3,8-9H2,1-2H3. The van der Waals surface area contributed by atoms with Gasteiger partial charge in [-0.1, -0.05) is 13.0 Å². The third kappa shape index (κ3) is 3.45. The first-order chi connectivity index (χ1) is 9.26. The van der Waals surface area contributed by atoms with Gasteiger partial charge in [0.1, 0.15) is 23.1 Å². The fourth-order valence-corrected chi connectivity index (χ4v) is 2.66. The maximum Gasteiger partial charge on any atom is 0.140 e. The van der Waals surface area contributed by atoms with Gasteiger partial charge in [0.2, 0.25) is 0 Å². The van der Waals surface area contributed by atoms with Crippen LogP contribution < -0.4 is 9.47 Å². The predicted octanol–water partition coefficient (Wildman–Crippen LogP) is 2.79. The molecule has 0 saturated heterocycles. The minimum Gasteiger partial charge on any atom is -0.497 e. The minimum absolute atomic E-state index is 0.0417. The van der Waals surface area contributed by atoms with Crippen LogP contribution in [0.2, 0.25) is 0 Å². The van der Waals surface area contributed by atoms with Gasteiger partial charge in [-0.15, -0.1) is 11.3 Å². The average Bonchev–Trinajstić information content (AvgIpc) is 2.87. The molecule has 0 spiro atoms. The van der Waals surface area contributed by atoms with E-state index in [1.807, 2.05) is 31.2 Å². The van der Waals surface area contributed by atoms with Gasteiger partial charge in [0.05, 0.1) is 24.3 Å². The van der Waals surface area contributed by atoms with Crippen molar-refractivity contribution in [2.45, 2.75) is 26.6 Å². The van der Waals surface area contributed by atoms with Crippen molar-refractivity contribution in [3.05, 3.63) is 39.8 Å². The normalized spacial score (nSPS) is 10.5. The zero-order chi connectivity index (χ0) is 13.7. The fraction of sp³-hybridized carbons (Fsp3) is 0.357. The molecule has 0 atom stereocenters. The molecule has 0 aliphatic rings. The second-order valence-electron chi connectivity index (χ2n) is 3.96. The van der Waals surface area contributed by atoms with E-state index in [1.54, 1.807) is 7.11 Å². The minimum atomic E-state index is 0.0417. The van der Waals surface area contributed by atoms with E-state index < -0.39 is 0 Å². The van der Waals surface area contributed by atoms with Gasteiger partial charge in [-0.25, -0.2) is 4.98 Å². The van der Waals surface area contributed by atoms with Crippen LogP contribution in [0.15, 0.2) is 24.3 Å². The molecule has 0 fully saturated rings. The van der Waals surface area contributed by atoms with Gasteiger partial charge >= 0.3 is 0 Å². The maximum atomic E-state index is 9.23. The van der Waals surface area contributed by atoms with Crippen molar-refractivity contribution in [1.29, 1.82) is 0 Å². The average molecular weight is 279 g/mol. The van der Waals surface area contributed by atoms with Gasteiger partial charge in [0, 0.05) is 6.07 Å². The summed E-state index contributed by atoms with van der Waals surface area (Å²) in [5.74, 6) is 1.51. The van der Waals surface area contributed by atoms with E-state index in [0.717, 1.165) is 33.5 Å². The largest absolute Gasteiger partial charge is 0.497 e. The summed E-state index contributed by atoms with van der Waals surface area (Å²) in [5, 5.41) is 10.1. The van der Waals surface area contributed by atoms with Crippen LogP contribution in [0.1, 0.15) is 22.5 Å². The lowest BCUT2D eigenvalue weighted by Crippen LogP contribution is -1.95. The Hall–Kier alpha value is -1.59. The number of ether oxygens (including phenoxy) is 2. The Bertz CT molecular complexity index is 518. The summed E-state index contributed by atoms with van der Waals surface area (Å²) in [4.78, 5) is 5.38. The van der Waals surface area contributed by atoms with Crippen molar-refractivity contribution in [3.63, 3.8) is 0 Å². The SMILES string of the molecule is CCc1nc(COc2cccc(OC)c2)sc1CO. The summed E-state index contributed by atoms with van der Waals surface area (Å²) in [7, 11) is 1.63. The molecule has 0 unspecified atom stereocenters. The second-order valence-corrected chi connectivity index (χ2v) is 5.12. The number of hydrogen-bond donors (Lipinski definition) is 1. The number of aliphatic hydroxyl groups excluding tert-OH is 1. The van der Waals surface area contributed by atoms with Crippen LogP contribution in [0.25, 0.3) is 0 Å². The van der Waals surface area contributed by atoms with Gasteiger partial charge in [0.25, 0.3) is 0 Å². The Labute approximate surface area is 116 Å². The van der Waals surface area contributed by atoms with Crippen molar-refractivity contribution in [3.8, 4) is 11.5 Å². The highest BCUT2D eigenvalue weighted by Gasteiger charge is 2.09. The first kappa shape index (κ1) is 13.8. The molecule has 1 aromatic heterocycles. The fourth-order valence-electron chi connectivity index (χ4n) is 1.73. The Kier molecular flexibility index (Phi) is 4.76. The van der Waals surface area contributed by atoms with Crippen molar-refractivity contribution in [1.82, 2.24) is 4.98 Å².